The van der Waals surface area contributed by atoms with Crippen LogP contribution in [-0.2, 0) is 13.6 Å². The molecule has 0 heterocycles. The van der Waals surface area contributed by atoms with Crippen molar-refractivity contribution < 1.29 is 13.6 Å². The molecule has 0 bridgehead atoms. The minimum Gasteiger partial charge on any atom is -0.463 e. The van der Waals surface area contributed by atoms with Crippen LogP contribution >= 0.6 is 0 Å². The van der Waals surface area contributed by atoms with Gasteiger partial charge in [-0.25, -0.2) is 4.79 Å². The average Bonchev–Trinajstić information content (AvgIpc) is 2.08. The van der Waals surface area contributed by atoms with Crippen LogP contribution in [0.2, 0.25) is 25.7 Å². The van der Waals surface area contributed by atoms with Gasteiger partial charge in [0.2, 0.25) is 9.76 Å². The van der Waals surface area contributed by atoms with Gasteiger partial charge in [0.05, 0.1) is 6.61 Å². The monoisotopic (exact) mass is 230 g/mol. The Balaban J connectivity index is 3.22. The zero-order valence-electron chi connectivity index (χ0n) is 9.13. The maximum Gasteiger partial charge on any atom is 0.330 e. The fourth-order valence-corrected chi connectivity index (χ4v) is 3.07. The number of hydrogen-bond acceptors (Lipinski definition) is 3. The Morgan fingerprint density at radius 1 is 1.50 bits per heavy atom. The van der Waals surface area contributed by atoms with Gasteiger partial charge in [-0.3, -0.25) is 0 Å². The third-order valence-electron chi connectivity index (χ3n) is 1.21. The summed E-state index contributed by atoms with van der Waals surface area (Å²) in [4.78, 5) is 10.6. The average molecular weight is 230 g/mol. The first kappa shape index (κ1) is 13.6. The van der Waals surface area contributed by atoms with Gasteiger partial charge < -0.3 is 8.85 Å². The van der Waals surface area contributed by atoms with Crippen molar-refractivity contribution >= 4 is 24.0 Å². The predicted octanol–water partition coefficient (Wildman–Crippen LogP) is 1.99. The van der Waals surface area contributed by atoms with Crippen molar-refractivity contribution in [2.75, 3.05) is 6.61 Å². The molecule has 0 fully saturated rings. The molecule has 0 aromatic heterocycles. The highest BCUT2D eigenvalue weighted by Gasteiger charge is 2.13. The van der Waals surface area contributed by atoms with Crippen LogP contribution in [0.15, 0.2) is 12.7 Å². The SMILES string of the molecule is C=CC(=O)OCCC[Si]O[Si](C)(C)C. The van der Waals surface area contributed by atoms with Crippen molar-refractivity contribution in [3.63, 3.8) is 0 Å². The molecule has 0 aliphatic carbocycles. The lowest BCUT2D eigenvalue weighted by atomic mass is 10.5. The topological polar surface area (TPSA) is 35.5 Å². The number of rotatable bonds is 7. The van der Waals surface area contributed by atoms with E-state index in [-0.39, 0.29) is 5.97 Å². The molecular weight excluding hydrogens is 212 g/mol. The predicted molar refractivity (Wildman–Crippen MR) is 60.8 cm³/mol. The third kappa shape index (κ3) is 9.69. The molecule has 5 heteroatoms. The molecule has 0 N–H and O–H groups in total. The van der Waals surface area contributed by atoms with Crippen LogP contribution in [0.25, 0.3) is 0 Å². The molecule has 14 heavy (non-hydrogen) atoms. The first-order valence-electron chi connectivity index (χ1n) is 4.66. The Bertz CT molecular complexity index is 187. The fraction of sp³-hybridized carbons (Fsp3) is 0.667. The van der Waals surface area contributed by atoms with Gasteiger partial charge in [-0.15, -0.1) is 0 Å². The van der Waals surface area contributed by atoms with E-state index in [1.165, 1.54) is 6.08 Å². The molecule has 0 unspecified atom stereocenters. The highest BCUT2D eigenvalue weighted by molar-refractivity contribution is 6.73. The van der Waals surface area contributed by atoms with Gasteiger partial charge in [-0.05, 0) is 32.1 Å². The van der Waals surface area contributed by atoms with E-state index in [4.69, 9.17) is 8.85 Å². The van der Waals surface area contributed by atoms with E-state index < -0.39 is 8.32 Å². The lowest BCUT2D eigenvalue weighted by Crippen LogP contribution is -2.27. The van der Waals surface area contributed by atoms with E-state index in [0.717, 1.165) is 12.5 Å². The van der Waals surface area contributed by atoms with Gasteiger partial charge in [-0.2, -0.15) is 0 Å². The van der Waals surface area contributed by atoms with Crippen molar-refractivity contribution in [2.24, 2.45) is 0 Å². The van der Waals surface area contributed by atoms with Crippen molar-refractivity contribution in [3.8, 4) is 0 Å². The summed E-state index contributed by atoms with van der Waals surface area (Å²) in [5.74, 6) is -0.348. The van der Waals surface area contributed by atoms with Gasteiger partial charge in [0, 0.05) is 6.08 Å². The second-order valence-corrected chi connectivity index (χ2v) is 9.66. The summed E-state index contributed by atoms with van der Waals surface area (Å²) < 4.78 is 10.5. The Hall–Kier alpha value is -0.396. The van der Waals surface area contributed by atoms with Crippen molar-refractivity contribution in [2.45, 2.75) is 32.1 Å². The van der Waals surface area contributed by atoms with Crippen LogP contribution in [-0.4, -0.2) is 30.7 Å². The smallest absolute Gasteiger partial charge is 0.330 e. The van der Waals surface area contributed by atoms with E-state index >= 15 is 0 Å². The summed E-state index contributed by atoms with van der Waals surface area (Å²) in [5.41, 5.74) is 0. The van der Waals surface area contributed by atoms with Gasteiger partial charge >= 0.3 is 5.97 Å². The molecule has 0 saturated heterocycles. The van der Waals surface area contributed by atoms with Crippen LogP contribution in [0, 0.1) is 0 Å². The summed E-state index contributed by atoms with van der Waals surface area (Å²) in [6.07, 6.45) is 2.04. The first-order valence-corrected chi connectivity index (χ1v) is 9.18. The minimum absolute atomic E-state index is 0.348. The van der Waals surface area contributed by atoms with Gasteiger partial charge in [-0.1, -0.05) is 6.58 Å². The second kappa shape index (κ2) is 6.97. The van der Waals surface area contributed by atoms with E-state index in [1.54, 1.807) is 0 Å². The molecule has 0 amide bonds. The maximum atomic E-state index is 10.6. The number of carbonyl (C=O) groups excluding carboxylic acids is 1. The van der Waals surface area contributed by atoms with Crippen molar-refractivity contribution in [1.29, 1.82) is 0 Å². The highest BCUT2D eigenvalue weighted by Crippen LogP contribution is 2.03. The lowest BCUT2D eigenvalue weighted by Gasteiger charge is -2.16. The van der Waals surface area contributed by atoms with Crippen molar-refractivity contribution in [1.82, 2.24) is 0 Å². The number of esters is 1. The van der Waals surface area contributed by atoms with Crippen molar-refractivity contribution in [3.05, 3.63) is 12.7 Å². The van der Waals surface area contributed by atoms with E-state index in [9.17, 15) is 4.79 Å². The Morgan fingerprint density at radius 3 is 2.64 bits per heavy atom. The Labute approximate surface area is 89.6 Å². The molecule has 0 aliphatic rings. The van der Waals surface area contributed by atoms with Crippen LogP contribution < -0.4 is 0 Å². The molecule has 0 rings (SSSR count). The number of carbonyl (C=O) groups is 1. The maximum absolute atomic E-state index is 10.6. The molecular formula is C9H18O3Si2. The number of ether oxygens (including phenoxy) is 1. The molecule has 80 valence electrons. The zero-order valence-corrected chi connectivity index (χ0v) is 11.1. The van der Waals surface area contributed by atoms with Gasteiger partial charge in [0.15, 0.2) is 8.32 Å². The summed E-state index contributed by atoms with van der Waals surface area (Å²) in [6, 6.07) is 0.967. The summed E-state index contributed by atoms with van der Waals surface area (Å²) in [5, 5.41) is 0. The highest BCUT2D eigenvalue weighted by atomic mass is 28.4. The standard InChI is InChI=1S/C9H18O3Si2/c1-5-9(10)11-7-6-8-13-12-14(2,3)4/h5H,1,6-8H2,2-4H3. The molecule has 3 nitrogen and oxygen atoms in total. The molecule has 0 spiro atoms. The van der Waals surface area contributed by atoms with Crippen LogP contribution in [0.3, 0.4) is 0 Å². The normalized spacial score (nSPS) is 11.1. The summed E-state index contributed by atoms with van der Waals surface area (Å²) in [7, 11) is -0.825. The lowest BCUT2D eigenvalue weighted by molar-refractivity contribution is -0.137. The van der Waals surface area contributed by atoms with Gasteiger partial charge in [0.25, 0.3) is 0 Å². The summed E-state index contributed by atoms with van der Waals surface area (Å²) >= 11 is 0. The molecule has 0 saturated carbocycles. The fourth-order valence-electron chi connectivity index (χ4n) is 0.644. The summed E-state index contributed by atoms with van der Waals surface area (Å²) in [6.45, 7) is 10.3. The van der Waals surface area contributed by atoms with Crippen LogP contribution in [0.4, 0.5) is 0 Å². The quantitative estimate of drug-likeness (QED) is 0.290. The Morgan fingerprint density at radius 2 is 2.14 bits per heavy atom. The third-order valence-corrected chi connectivity index (χ3v) is 4.80. The van der Waals surface area contributed by atoms with Crippen LogP contribution in [0.5, 0.6) is 0 Å². The minimum atomic E-state index is -1.36. The van der Waals surface area contributed by atoms with E-state index in [1.807, 2.05) is 0 Å². The van der Waals surface area contributed by atoms with Crippen LogP contribution in [0.1, 0.15) is 6.42 Å². The molecule has 0 aromatic rings. The zero-order chi connectivity index (χ0) is 11.0. The molecule has 0 atom stereocenters. The van der Waals surface area contributed by atoms with Gasteiger partial charge in [0.1, 0.15) is 0 Å². The van der Waals surface area contributed by atoms with E-state index in [2.05, 4.69) is 26.2 Å². The largest absolute Gasteiger partial charge is 0.463 e. The second-order valence-electron chi connectivity index (χ2n) is 3.83. The molecule has 2 radical (unpaired) electrons. The molecule has 0 aromatic carbocycles. The molecule has 0 aliphatic heterocycles. The number of hydrogen-bond donors (Lipinski definition) is 0. The van der Waals surface area contributed by atoms with E-state index in [0.29, 0.717) is 16.4 Å². The Kier molecular flexibility index (Phi) is 6.77. The first-order chi connectivity index (χ1) is 6.45.